The van der Waals surface area contributed by atoms with E-state index in [1.165, 1.54) is 0 Å². The van der Waals surface area contributed by atoms with Crippen molar-refractivity contribution in [1.82, 2.24) is 0 Å². The van der Waals surface area contributed by atoms with E-state index in [1.54, 1.807) is 0 Å². The van der Waals surface area contributed by atoms with Crippen LogP contribution < -0.4 is 0 Å². The van der Waals surface area contributed by atoms with Gasteiger partial charge >= 0.3 is 6.16 Å². The van der Waals surface area contributed by atoms with Crippen LogP contribution in [0.25, 0.3) is 11.1 Å². The van der Waals surface area contributed by atoms with Crippen molar-refractivity contribution in [2.75, 3.05) is 13.2 Å². The minimum absolute atomic E-state index is 0.00461. The molecule has 0 spiro atoms. The number of halogens is 3. The Balaban J connectivity index is 1.18. The van der Waals surface area contributed by atoms with E-state index in [9.17, 15) is 4.79 Å². The molecular formula is C44H40Cl3NO8. The highest BCUT2D eigenvalue weighted by molar-refractivity contribution is 6.76. The highest BCUT2D eigenvalue weighted by atomic mass is 35.6. The van der Waals surface area contributed by atoms with Crippen molar-refractivity contribution < 1.29 is 38.0 Å². The monoisotopic (exact) mass is 815 g/mol. The van der Waals surface area contributed by atoms with E-state index >= 15 is 0 Å². The molecule has 0 saturated carbocycles. The Morgan fingerprint density at radius 3 is 1.61 bits per heavy atom. The molecule has 7 rings (SSSR count). The number of carbonyl (C=O) groups is 1. The van der Waals surface area contributed by atoms with E-state index in [0.29, 0.717) is 0 Å². The number of hydrogen-bond donors (Lipinski definition) is 1. The van der Waals surface area contributed by atoms with Gasteiger partial charge in [0.25, 0.3) is 3.79 Å². The lowest BCUT2D eigenvalue weighted by atomic mass is 9.98. The maximum atomic E-state index is 13.8. The van der Waals surface area contributed by atoms with Gasteiger partial charge in [-0.15, -0.1) is 0 Å². The van der Waals surface area contributed by atoms with Crippen LogP contribution in [0.2, 0.25) is 0 Å². The third-order valence-corrected chi connectivity index (χ3v) is 10.1. The van der Waals surface area contributed by atoms with Crippen LogP contribution in [0, 0.1) is 5.41 Å². The van der Waals surface area contributed by atoms with Crippen molar-refractivity contribution in [1.29, 1.82) is 5.41 Å². The fourth-order valence-corrected chi connectivity index (χ4v) is 7.08. The molecule has 0 unspecified atom stereocenters. The predicted octanol–water partition coefficient (Wildman–Crippen LogP) is 9.80. The average Bonchev–Trinajstić information content (AvgIpc) is 3.54. The topological polar surface area (TPSA) is 106 Å². The summed E-state index contributed by atoms with van der Waals surface area (Å²) in [5.41, 5.74) is 6.93. The summed E-state index contributed by atoms with van der Waals surface area (Å²) >= 11 is 18.3. The third-order valence-electron chi connectivity index (χ3n) is 9.61. The van der Waals surface area contributed by atoms with Gasteiger partial charge in [0.2, 0.25) is 12.2 Å². The van der Waals surface area contributed by atoms with Crippen LogP contribution in [0.15, 0.2) is 140 Å². The van der Waals surface area contributed by atoms with E-state index in [2.05, 4.69) is 12.1 Å². The molecule has 9 nitrogen and oxygen atoms in total. The molecule has 1 saturated heterocycles. The SMILES string of the molecule is N=C(O[C@H]1O[C@H](COCc2ccccc2)[C@@H](OCc2ccccc2)[C@H](OCc2ccccc2)[C@@H]1OC(=O)OCC1c2ccccc2-c2ccccc21)C(Cl)(Cl)Cl. The zero-order valence-corrected chi connectivity index (χ0v) is 32.4. The van der Waals surface area contributed by atoms with Gasteiger partial charge in [0.05, 0.1) is 26.4 Å². The number of carbonyl (C=O) groups excluding carboxylic acids is 1. The van der Waals surface area contributed by atoms with Gasteiger partial charge in [0, 0.05) is 5.92 Å². The molecule has 1 aliphatic heterocycles. The fraction of sp³-hybridized carbons (Fsp3) is 0.273. The van der Waals surface area contributed by atoms with E-state index in [4.69, 9.17) is 73.4 Å². The van der Waals surface area contributed by atoms with Gasteiger partial charge in [-0.25, -0.2) is 4.79 Å². The fourth-order valence-electron chi connectivity index (χ4n) is 6.94. The summed E-state index contributed by atoms with van der Waals surface area (Å²) in [5.74, 6) is -0.969. The van der Waals surface area contributed by atoms with Gasteiger partial charge in [-0.1, -0.05) is 174 Å². The second-order valence-corrected chi connectivity index (χ2v) is 15.7. The Morgan fingerprint density at radius 2 is 1.07 bits per heavy atom. The number of hydrogen-bond acceptors (Lipinski definition) is 9. The molecule has 0 bridgehead atoms. The molecule has 5 aromatic rings. The Morgan fingerprint density at radius 1 is 0.589 bits per heavy atom. The number of alkyl halides is 3. The third kappa shape index (κ3) is 9.91. The summed E-state index contributed by atoms with van der Waals surface area (Å²) in [7, 11) is 0. The molecule has 2 aliphatic rings. The van der Waals surface area contributed by atoms with Crippen LogP contribution in [0.1, 0.15) is 33.7 Å². The van der Waals surface area contributed by atoms with Crippen molar-refractivity contribution in [3.05, 3.63) is 167 Å². The number of fused-ring (bicyclic) bond motifs is 3. The largest absolute Gasteiger partial charge is 0.508 e. The van der Waals surface area contributed by atoms with Crippen molar-refractivity contribution in [2.45, 2.75) is 60.2 Å². The normalized spacial score (nSPS) is 20.4. The Bertz CT molecular complexity index is 2000. The zero-order valence-electron chi connectivity index (χ0n) is 30.2. The van der Waals surface area contributed by atoms with Gasteiger partial charge in [-0.05, 0) is 38.9 Å². The molecular weight excluding hydrogens is 777 g/mol. The second-order valence-electron chi connectivity index (χ2n) is 13.4. The first kappa shape index (κ1) is 39.8. The summed E-state index contributed by atoms with van der Waals surface area (Å²) in [6.45, 7) is 0.556. The number of rotatable bonds is 14. The van der Waals surface area contributed by atoms with E-state index < -0.39 is 46.6 Å². The van der Waals surface area contributed by atoms with Gasteiger partial charge < -0.3 is 33.2 Å². The lowest BCUT2D eigenvalue weighted by Crippen LogP contribution is -2.62. The van der Waals surface area contributed by atoms with Gasteiger partial charge in [-0.3, -0.25) is 5.41 Å². The van der Waals surface area contributed by atoms with E-state index in [0.717, 1.165) is 38.9 Å². The highest BCUT2D eigenvalue weighted by Gasteiger charge is 2.52. The first-order chi connectivity index (χ1) is 27.2. The van der Waals surface area contributed by atoms with Crippen LogP contribution in [0.4, 0.5) is 4.79 Å². The Hall–Kier alpha value is -4.45. The van der Waals surface area contributed by atoms with Crippen LogP contribution in [0.5, 0.6) is 0 Å². The lowest BCUT2D eigenvalue weighted by Gasteiger charge is -2.45. The molecule has 1 heterocycles. The summed E-state index contributed by atoms with van der Waals surface area (Å²) < 4.78 is 41.4. The Kier molecular flexibility index (Phi) is 13.3. The molecule has 5 aromatic carbocycles. The number of benzene rings is 5. The minimum atomic E-state index is -2.25. The molecule has 0 aromatic heterocycles. The van der Waals surface area contributed by atoms with E-state index in [1.807, 2.05) is 127 Å². The van der Waals surface area contributed by atoms with Crippen LogP contribution in [-0.2, 0) is 53.0 Å². The summed E-state index contributed by atoms with van der Waals surface area (Å²) in [6.07, 6.45) is -6.67. The first-order valence-corrected chi connectivity index (χ1v) is 19.3. The number of ether oxygens (including phenoxy) is 7. The molecule has 1 aliphatic carbocycles. The Labute approximate surface area is 340 Å². The van der Waals surface area contributed by atoms with Crippen LogP contribution in [-0.4, -0.2) is 59.8 Å². The standard InChI is InChI=1S/C44H40Cl3NO8/c45-44(46,47)42(48)56-41-40(55-43(49)53-27-36-34-22-12-10-20-32(34)33-21-11-13-23-35(33)36)39(52-26-31-18-8-3-9-19-31)38(51-25-30-16-6-2-7-17-30)37(54-41)28-50-24-29-14-4-1-5-15-29/h1-23,36-41,48H,24-28H2/t37-,38-,39+,40+,41-/m1/s1. The predicted molar refractivity (Wildman–Crippen MR) is 214 cm³/mol. The van der Waals surface area contributed by atoms with Gasteiger partial charge in [-0.2, -0.15) is 0 Å². The van der Waals surface area contributed by atoms with Crippen molar-refractivity contribution in [3.8, 4) is 11.1 Å². The maximum Gasteiger partial charge on any atom is 0.508 e. The van der Waals surface area contributed by atoms with Crippen LogP contribution in [0.3, 0.4) is 0 Å². The molecule has 5 atom stereocenters. The molecule has 56 heavy (non-hydrogen) atoms. The minimum Gasteiger partial charge on any atom is -0.444 e. The van der Waals surface area contributed by atoms with Crippen molar-refractivity contribution in [3.63, 3.8) is 0 Å². The quantitative estimate of drug-likeness (QED) is 0.0512. The van der Waals surface area contributed by atoms with E-state index in [-0.39, 0.29) is 39.0 Å². The summed E-state index contributed by atoms with van der Waals surface area (Å²) in [5, 5.41) is 8.47. The average molecular weight is 817 g/mol. The van der Waals surface area contributed by atoms with Crippen LogP contribution >= 0.6 is 34.8 Å². The second kappa shape index (κ2) is 18.7. The van der Waals surface area contributed by atoms with Crippen molar-refractivity contribution in [2.24, 2.45) is 0 Å². The molecule has 1 N–H and O–H groups in total. The maximum absolute atomic E-state index is 13.8. The zero-order chi connectivity index (χ0) is 38.9. The molecule has 0 radical (unpaired) electrons. The van der Waals surface area contributed by atoms with Gasteiger partial charge in [0.15, 0.2) is 6.10 Å². The number of nitrogens with one attached hydrogen (secondary N) is 1. The molecule has 1 fully saturated rings. The first-order valence-electron chi connectivity index (χ1n) is 18.2. The summed E-state index contributed by atoms with van der Waals surface area (Å²) in [4.78, 5) is 13.8. The smallest absolute Gasteiger partial charge is 0.444 e. The molecule has 290 valence electrons. The lowest BCUT2D eigenvalue weighted by molar-refractivity contribution is -0.304. The van der Waals surface area contributed by atoms with Gasteiger partial charge in [0.1, 0.15) is 24.9 Å². The molecule has 0 amide bonds. The summed E-state index contributed by atoms with van der Waals surface area (Å²) in [6, 6.07) is 44.8. The highest BCUT2D eigenvalue weighted by Crippen LogP contribution is 2.44. The molecule has 12 heteroatoms. The van der Waals surface area contributed by atoms with Crippen molar-refractivity contribution >= 4 is 46.9 Å².